The molecular weight excluding hydrogens is 191 g/mol. The van der Waals surface area contributed by atoms with E-state index >= 15 is 0 Å². The lowest BCUT2D eigenvalue weighted by Gasteiger charge is -2.02. The standard InChI is InChI=1S/C10H9BN2O2/c14-11(15)9-6-7-12-10(13-9)8-4-2-1-3-5-8/h1-7,14-15H. The summed E-state index contributed by atoms with van der Waals surface area (Å²) in [5.74, 6) is 0.487. The molecule has 1 aromatic heterocycles. The third-order valence-electron chi connectivity index (χ3n) is 1.97. The molecule has 2 aromatic rings. The average Bonchev–Trinajstić information content (AvgIpc) is 2.30. The molecule has 5 heteroatoms. The van der Waals surface area contributed by atoms with Crippen molar-refractivity contribution in [1.29, 1.82) is 0 Å². The Morgan fingerprint density at radius 3 is 2.40 bits per heavy atom. The van der Waals surface area contributed by atoms with Crippen molar-refractivity contribution >= 4 is 12.7 Å². The molecule has 1 aromatic carbocycles. The molecule has 4 nitrogen and oxygen atoms in total. The van der Waals surface area contributed by atoms with Crippen LogP contribution in [0.15, 0.2) is 42.6 Å². The molecule has 0 saturated carbocycles. The van der Waals surface area contributed by atoms with Gasteiger partial charge in [-0.3, -0.25) is 0 Å². The van der Waals surface area contributed by atoms with Gasteiger partial charge in [-0.05, 0) is 6.07 Å². The summed E-state index contributed by atoms with van der Waals surface area (Å²) in [5.41, 5.74) is 1.05. The number of benzene rings is 1. The fraction of sp³-hybridized carbons (Fsp3) is 0. The van der Waals surface area contributed by atoms with E-state index in [1.54, 1.807) is 0 Å². The lowest BCUT2D eigenvalue weighted by molar-refractivity contribution is 0.424. The minimum atomic E-state index is -1.56. The van der Waals surface area contributed by atoms with Gasteiger partial charge in [0.1, 0.15) is 0 Å². The molecule has 0 spiro atoms. The van der Waals surface area contributed by atoms with Crippen LogP contribution in [-0.4, -0.2) is 27.1 Å². The van der Waals surface area contributed by atoms with Gasteiger partial charge in [0.15, 0.2) is 5.82 Å². The van der Waals surface area contributed by atoms with Crippen molar-refractivity contribution in [3.8, 4) is 11.4 Å². The maximum Gasteiger partial charge on any atom is 0.508 e. The highest BCUT2D eigenvalue weighted by atomic mass is 16.4. The Balaban J connectivity index is 2.42. The monoisotopic (exact) mass is 200 g/mol. The SMILES string of the molecule is OB(O)c1ccnc(-c2ccccc2)n1. The summed E-state index contributed by atoms with van der Waals surface area (Å²) in [5, 5.41) is 17.9. The molecular formula is C10H9BN2O2. The van der Waals surface area contributed by atoms with E-state index in [0.717, 1.165) is 5.56 Å². The minimum Gasteiger partial charge on any atom is -0.422 e. The van der Waals surface area contributed by atoms with E-state index in [-0.39, 0.29) is 5.59 Å². The highest BCUT2D eigenvalue weighted by Crippen LogP contribution is 2.11. The molecule has 0 bridgehead atoms. The van der Waals surface area contributed by atoms with Crippen LogP contribution in [-0.2, 0) is 0 Å². The Morgan fingerprint density at radius 1 is 1.00 bits per heavy atom. The lowest BCUT2D eigenvalue weighted by atomic mass is 9.86. The first-order valence-electron chi connectivity index (χ1n) is 4.52. The zero-order valence-electron chi connectivity index (χ0n) is 7.91. The zero-order chi connectivity index (χ0) is 10.7. The Bertz CT molecular complexity index is 448. The van der Waals surface area contributed by atoms with Crippen LogP contribution < -0.4 is 5.59 Å². The van der Waals surface area contributed by atoms with Gasteiger partial charge in [0.25, 0.3) is 0 Å². The largest absolute Gasteiger partial charge is 0.508 e. The first-order valence-corrected chi connectivity index (χ1v) is 4.52. The predicted octanol–water partition coefficient (Wildman–Crippen LogP) is -0.177. The number of aromatic nitrogens is 2. The van der Waals surface area contributed by atoms with E-state index in [0.29, 0.717) is 5.82 Å². The third-order valence-corrected chi connectivity index (χ3v) is 1.97. The van der Waals surface area contributed by atoms with Crippen LogP contribution in [0.4, 0.5) is 0 Å². The summed E-state index contributed by atoms with van der Waals surface area (Å²) in [6.45, 7) is 0. The van der Waals surface area contributed by atoms with E-state index in [9.17, 15) is 0 Å². The number of nitrogens with zero attached hydrogens (tertiary/aromatic N) is 2. The molecule has 0 atom stereocenters. The molecule has 74 valence electrons. The van der Waals surface area contributed by atoms with E-state index in [2.05, 4.69) is 9.97 Å². The van der Waals surface area contributed by atoms with Gasteiger partial charge < -0.3 is 10.0 Å². The van der Waals surface area contributed by atoms with Crippen LogP contribution in [0.1, 0.15) is 0 Å². The Kier molecular flexibility index (Phi) is 2.76. The smallest absolute Gasteiger partial charge is 0.422 e. The van der Waals surface area contributed by atoms with Crippen LogP contribution >= 0.6 is 0 Å². The van der Waals surface area contributed by atoms with Crippen molar-refractivity contribution in [2.24, 2.45) is 0 Å². The molecule has 0 amide bonds. The molecule has 15 heavy (non-hydrogen) atoms. The van der Waals surface area contributed by atoms with E-state index in [1.807, 2.05) is 30.3 Å². The normalized spacial score (nSPS) is 10.0. The van der Waals surface area contributed by atoms with Crippen LogP contribution in [0.2, 0.25) is 0 Å². The molecule has 2 rings (SSSR count). The molecule has 2 N–H and O–H groups in total. The van der Waals surface area contributed by atoms with Crippen LogP contribution in [0.5, 0.6) is 0 Å². The summed E-state index contributed by atoms with van der Waals surface area (Å²) in [6.07, 6.45) is 1.50. The topological polar surface area (TPSA) is 66.2 Å². The van der Waals surface area contributed by atoms with Gasteiger partial charge in [-0.1, -0.05) is 30.3 Å². The second-order valence-electron chi connectivity index (χ2n) is 3.04. The van der Waals surface area contributed by atoms with Crippen LogP contribution in [0.25, 0.3) is 11.4 Å². The molecule has 1 heterocycles. The lowest BCUT2D eigenvalue weighted by Crippen LogP contribution is -2.33. The van der Waals surface area contributed by atoms with Crippen molar-refractivity contribution < 1.29 is 10.0 Å². The summed E-state index contributed by atoms with van der Waals surface area (Å²) >= 11 is 0. The molecule has 0 aliphatic carbocycles. The van der Waals surface area contributed by atoms with E-state index in [1.165, 1.54) is 12.3 Å². The fourth-order valence-corrected chi connectivity index (χ4v) is 1.24. The van der Waals surface area contributed by atoms with Gasteiger partial charge in [0.05, 0.1) is 5.59 Å². The average molecular weight is 200 g/mol. The van der Waals surface area contributed by atoms with E-state index in [4.69, 9.17) is 10.0 Å². The van der Waals surface area contributed by atoms with Gasteiger partial charge in [0.2, 0.25) is 0 Å². The summed E-state index contributed by atoms with van der Waals surface area (Å²) < 4.78 is 0. The Hall–Kier alpha value is -1.72. The van der Waals surface area contributed by atoms with Gasteiger partial charge in [0, 0.05) is 11.8 Å². The third kappa shape index (κ3) is 2.20. The predicted molar refractivity (Wildman–Crippen MR) is 57.3 cm³/mol. The molecule has 0 unspecified atom stereocenters. The molecule has 0 saturated heterocycles. The quantitative estimate of drug-likeness (QED) is 0.660. The molecule has 0 aliphatic heterocycles. The first kappa shape index (κ1) is 9.83. The zero-order valence-corrected chi connectivity index (χ0v) is 7.91. The second kappa shape index (κ2) is 4.21. The van der Waals surface area contributed by atoms with Crippen LogP contribution in [0, 0.1) is 0 Å². The van der Waals surface area contributed by atoms with Crippen molar-refractivity contribution in [1.82, 2.24) is 9.97 Å². The van der Waals surface area contributed by atoms with Crippen LogP contribution in [0.3, 0.4) is 0 Å². The molecule has 0 radical (unpaired) electrons. The van der Waals surface area contributed by atoms with E-state index < -0.39 is 7.12 Å². The van der Waals surface area contributed by atoms with Gasteiger partial charge >= 0.3 is 7.12 Å². The Morgan fingerprint density at radius 2 is 1.73 bits per heavy atom. The summed E-state index contributed by atoms with van der Waals surface area (Å²) in [6, 6.07) is 10.8. The second-order valence-corrected chi connectivity index (χ2v) is 3.04. The summed E-state index contributed by atoms with van der Waals surface area (Å²) in [7, 11) is -1.56. The van der Waals surface area contributed by atoms with Crippen molar-refractivity contribution in [2.45, 2.75) is 0 Å². The maximum atomic E-state index is 8.96. The maximum absolute atomic E-state index is 8.96. The molecule has 0 fully saturated rings. The summed E-state index contributed by atoms with van der Waals surface area (Å²) in [4.78, 5) is 8.09. The van der Waals surface area contributed by atoms with Crippen molar-refractivity contribution in [2.75, 3.05) is 0 Å². The number of hydrogen-bond acceptors (Lipinski definition) is 4. The van der Waals surface area contributed by atoms with Gasteiger partial charge in [-0.25, -0.2) is 9.97 Å². The highest BCUT2D eigenvalue weighted by molar-refractivity contribution is 6.57. The van der Waals surface area contributed by atoms with Crippen molar-refractivity contribution in [3.05, 3.63) is 42.6 Å². The number of rotatable bonds is 2. The highest BCUT2D eigenvalue weighted by Gasteiger charge is 2.13. The molecule has 0 aliphatic rings. The fourth-order valence-electron chi connectivity index (χ4n) is 1.24. The van der Waals surface area contributed by atoms with Gasteiger partial charge in [-0.15, -0.1) is 0 Å². The van der Waals surface area contributed by atoms with Gasteiger partial charge in [-0.2, -0.15) is 0 Å². The first-order chi connectivity index (χ1) is 7.27. The Labute approximate surface area is 87.4 Å². The minimum absolute atomic E-state index is 0.198. The van der Waals surface area contributed by atoms with Crippen molar-refractivity contribution in [3.63, 3.8) is 0 Å². The number of hydrogen-bond donors (Lipinski definition) is 2.